The molecular weight excluding hydrogens is 336 g/mol. The molecule has 0 fully saturated rings. The number of hydrogen-bond donors (Lipinski definition) is 1. The van der Waals surface area contributed by atoms with Crippen LogP contribution in [-0.2, 0) is 13.0 Å². The Morgan fingerprint density at radius 2 is 1.92 bits per heavy atom. The van der Waals surface area contributed by atoms with E-state index in [-0.39, 0.29) is 6.61 Å². The molecule has 0 unspecified atom stereocenters. The summed E-state index contributed by atoms with van der Waals surface area (Å²) in [6.45, 7) is 3.66. The fourth-order valence-corrected chi connectivity index (χ4v) is 3.51. The third-order valence-electron chi connectivity index (χ3n) is 4.59. The minimum absolute atomic E-state index is 0.137. The van der Waals surface area contributed by atoms with Crippen LogP contribution in [0, 0.1) is 6.92 Å². The number of aliphatic hydroxyl groups is 1. The second-order valence-corrected chi connectivity index (χ2v) is 6.64. The lowest BCUT2D eigenvalue weighted by Crippen LogP contribution is -2.21. The minimum Gasteiger partial charge on any atom is -0.396 e. The van der Waals surface area contributed by atoms with E-state index in [1.54, 1.807) is 0 Å². The Hall–Kier alpha value is -2.37. The lowest BCUT2D eigenvalue weighted by atomic mass is 10.0. The normalized spacial score (nSPS) is 13.3. The highest BCUT2D eigenvalue weighted by Gasteiger charge is 2.24. The summed E-state index contributed by atoms with van der Waals surface area (Å²) in [4.78, 5) is 2.28. The number of hydrogen-bond acceptors (Lipinski definition) is 4. The third kappa shape index (κ3) is 2.90. The van der Waals surface area contributed by atoms with Gasteiger partial charge in [-0.15, -0.1) is 5.10 Å². The third-order valence-corrected chi connectivity index (χ3v) is 4.84. The first kappa shape index (κ1) is 16.1. The summed E-state index contributed by atoms with van der Waals surface area (Å²) in [6, 6.07) is 14.2. The van der Waals surface area contributed by atoms with Gasteiger partial charge in [0.25, 0.3) is 0 Å². The zero-order valence-electron chi connectivity index (χ0n) is 14.0. The maximum atomic E-state index is 9.31. The molecule has 128 valence electrons. The van der Waals surface area contributed by atoms with E-state index >= 15 is 0 Å². The maximum absolute atomic E-state index is 9.31. The molecule has 0 saturated heterocycles. The van der Waals surface area contributed by atoms with Gasteiger partial charge in [0.1, 0.15) is 0 Å². The van der Waals surface area contributed by atoms with Crippen molar-refractivity contribution in [1.82, 2.24) is 15.0 Å². The van der Waals surface area contributed by atoms with E-state index in [2.05, 4.69) is 33.4 Å². The molecular formula is C19H19ClN4O. The van der Waals surface area contributed by atoms with Crippen LogP contribution in [-0.4, -0.2) is 33.3 Å². The number of aromatic nitrogens is 3. The van der Waals surface area contributed by atoms with Gasteiger partial charge in [0.15, 0.2) is 0 Å². The van der Waals surface area contributed by atoms with Crippen molar-refractivity contribution in [2.24, 2.45) is 0 Å². The first-order valence-corrected chi connectivity index (χ1v) is 8.72. The van der Waals surface area contributed by atoms with Crippen molar-refractivity contribution in [2.45, 2.75) is 19.9 Å². The predicted octanol–water partition coefficient (Wildman–Crippen LogP) is 3.59. The molecule has 3 aromatic rings. The van der Waals surface area contributed by atoms with Gasteiger partial charge in [-0.3, -0.25) is 0 Å². The van der Waals surface area contributed by atoms with Gasteiger partial charge in [0.2, 0.25) is 0 Å². The van der Waals surface area contributed by atoms with Gasteiger partial charge in [-0.05, 0) is 49.2 Å². The van der Waals surface area contributed by atoms with E-state index in [1.165, 1.54) is 0 Å². The number of nitrogens with zero attached hydrogens (tertiary/aromatic N) is 4. The number of fused-ring (bicyclic) bond motifs is 3. The zero-order valence-corrected chi connectivity index (χ0v) is 14.7. The van der Waals surface area contributed by atoms with Crippen LogP contribution in [0.25, 0.3) is 11.3 Å². The summed E-state index contributed by atoms with van der Waals surface area (Å²) >= 11 is 6.06. The van der Waals surface area contributed by atoms with Crippen molar-refractivity contribution >= 4 is 23.0 Å². The van der Waals surface area contributed by atoms with Crippen LogP contribution in [0.2, 0.25) is 5.02 Å². The van der Waals surface area contributed by atoms with Crippen LogP contribution in [0.15, 0.2) is 42.5 Å². The molecule has 0 aliphatic carbocycles. The molecule has 1 N–H and O–H groups in total. The molecule has 1 aliphatic heterocycles. The lowest BCUT2D eigenvalue weighted by Gasteiger charge is -2.25. The van der Waals surface area contributed by atoms with Crippen molar-refractivity contribution in [2.75, 3.05) is 18.1 Å². The highest BCUT2D eigenvalue weighted by atomic mass is 35.5. The first-order valence-electron chi connectivity index (χ1n) is 8.35. The SMILES string of the molecule is Cc1nnn2c1-c1ccc(CCO)cc1N(c1ccc(Cl)cc1)CC2. The van der Waals surface area contributed by atoms with Crippen molar-refractivity contribution in [1.29, 1.82) is 0 Å². The number of benzene rings is 2. The molecule has 2 aromatic carbocycles. The maximum Gasteiger partial charge on any atom is 0.0936 e. The highest BCUT2D eigenvalue weighted by Crippen LogP contribution is 2.39. The van der Waals surface area contributed by atoms with Crippen molar-refractivity contribution in [3.8, 4) is 11.3 Å². The number of rotatable bonds is 3. The molecule has 1 aromatic heterocycles. The molecule has 2 heterocycles. The number of aliphatic hydroxyl groups excluding tert-OH is 1. The fraction of sp³-hybridized carbons (Fsp3) is 0.263. The molecule has 0 saturated carbocycles. The van der Waals surface area contributed by atoms with E-state index < -0.39 is 0 Å². The van der Waals surface area contributed by atoms with E-state index in [0.717, 1.165) is 52.0 Å². The number of aryl methyl sites for hydroxylation is 1. The molecule has 5 nitrogen and oxygen atoms in total. The van der Waals surface area contributed by atoms with Crippen molar-refractivity contribution < 1.29 is 5.11 Å². The fourth-order valence-electron chi connectivity index (χ4n) is 3.38. The Kier molecular flexibility index (Phi) is 4.19. The Balaban J connectivity index is 1.89. The molecule has 4 rings (SSSR count). The molecule has 1 aliphatic rings. The van der Waals surface area contributed by atoms with Gasteiger partial charge in [-0.2, -0.15) is 0 Å². The molecule has 6 heteroatoms. The van der Waals surface area contributed by atoms with E-state index in [1.807, 2.05) is 35.9 Å². The Morgan fingerprint density at radius 3 is 2.68 bits per heavy atom. The topological polar surface area (TPSA) is 54.2 Å². The van der Waals surface area contributed by atoms with Crippen LogP contribution in [0.4, 0.5) is 11.4 Å². The van der Waals surface area contributed by atoms with Gasteiger partial charge in [-0.1, -0.05) is 28.9 Å². The average molecular weight is 355 g/mol. The zero-order chi connectivity index (χ0) is 17.4. The standard InChI is InChI=1S/C19H19ClN4O/c1-13-19-17-7-2-14(8-11-25)12-18(17)23(9-10-24(19)22-21-13)16-5-3-15(20)4-6-16/h2-7,12,25H,8-11H2,1H3. The molecule has 0 bridgehead atoms. The van der Waals surface area contributed by atoms with Crippen LogP contribution in [0.5, 0.6) is 0 Å². The molecule has 0 radical (unpaired) electrons. The smallest absolute Gasteiger partial charge is 0.0936 e. The van der Waals surface area contributed by atoms with Crippen LogP contribution in [0.1, 0.15) is 11.3 Å². The monoisotopic (exact) mass is 354 g/mol. The van der Waals surface area contributed by atoms with Crippen LogP contribution in [0.3, 0.4) is 0 Å². The van der Waals surface area contributed by atoms with Gasteiger partial charge in [0.05, 0.1) is 23.6 Å². The molecule has 25 heavy (non-hydrogen) atoms. The summed E-state index contributed by atoms with van der Waals surface area (Å²) in [6.07, 6.45) is 0.637. The van der Waals surface area contributed by atoms with Crippen molar-refractivity contribution in [3.63, 3.8) is 0 Å². The van der Waals surface area contributed by atoms with Crippen LogP contribution < -0.4 is 4.90 Å². The predicted molar refractivity (Wildman–Crippen MR) is 99.4 cm³/mol. The summed E-state index contributed by atoms with van der Waals surface area (Å²) in [5.74, 6) is 0. The number of anilines is 2. The first-order chi connectivity index (χ1) is 12.2. The number of halogens is 1. The van der Waals surface area contributed by atoms with E-state index in [4.69, 9.17) is 11.6 Å². The van der Waals surface area contributed by atoms with Crippen LogP contribution >= 0.6 is 11.6 Å². The summed E-state index contributed by atoms with van der Waals surface area (Å²) in [5.41, 5.74) is 6.40. The molecule has 0 atom stereocenters. The van der Waals surface area contributed by atoms with Gasteiger partial charge in [-0.25, -0.2) is 4.68 Å². The minimum atomic E-state index is 0.137. The highest BCUT2D eigenvalue weighted by molar-refractivity contribution is 6.30. The quantitative estimate of drug-likeness (QED) is 0.781. The van der Waals surface area contributed by atoms with Gasteiger partial charge in [0, 0.05) is 29.4 Å². The van der Waals surface area contributed by atoms with Crippen molar-refractivity contribution in [3.05, 3.63) is 58.7 Å². The average Bonchev–Trinajstić information content (AvgIpc) is 2.89. The Morgan fingerprint density at radius 1 is 1.12 bits per heavy atom. The van der Waals surface area contributed by atoms with Gasteiger partial charge < -0.3 is 10.0 Å². The molecule has 0 spiro atoms. The second kappa shape index (κ2) is 6.50. The summed E-state index contributed by atoms with van der Waals surface area (Å²) in [5, 5.41) is 18.6. The summed E-state index contributed by atoms with van der Waals surface area (Å²) in [7, 11) is 0. The Labute approximate surface area is 151 Å². The second-order valence-electron chi connectivity index (χ2n) is 6.20. The largest absolute Gasteiger partial charge is 0.396 e. The van der Waals surface area contributed by atoms with E-state index in [0.29, 0.717) is 6.42 Å². The molecule has 0 amide bonds. The lowest BCUT2D eigenvalue weighted by molar-refractivity contribution is 0.299. The van der Waals surface area contributed by atoms with E-state index in [9.17, 15) is 5.11 Å². The summed E-state index contributed by atoms with van der Waals surface area (Å²) < 4.78 is 1.97. The van der Waals surface area contributed by atoms with Gasteiger partial charge >= 0.3 is 0 Å². The Bertz CT molecular complexity index is 904.